The maximum absolute atomic E-state index is 14.3. The molecule has 1 aromatic carbocycles. The van der Waals surface area contributed by atoms with Gasteiger partial charge in [0, 0.05) is 75.7 Å². The number of ether oxygens (including phenoxy) is 1. The molecule has 1 aliphatic carbocycles. The Morgan fingerprint density at radius 2 is 1.75 bits per heavy atom. The molecule has 5 aliphatic rings. The van der Waals surface area contributed by atoms with E-state index < -0.39 is 23.9 Å². The molecule has 18 heteroatoms. The largest absolute Gasteiger partial charge is 0.371 e. The van der Waals surface area contributed by atoms with Crippen LogP contribution in [0.3, 0.4) is 0 Å². The fourth-order valence-corrected chi connectivity index (χ4v) is 10.4. The number of hydrogen-bond acceptors (Lipinski definition) is 11. The summed E-state index contributed by atoms with van der Waals surface area (Å²) in [6, 6.07) is 8.64. The second-order valence-corrected chi connectivity index (χ2v) is 17.7. The lowest BCUT2D eigenvalue weighted by molar-refractivity contribution is -0.134. The topological polar surface area (TPSA) is 160 Å². The summed E-state index contributed by atoms with van der Waals surface area (Å²) in [6.45, 7) is 4.31. The number of anilines is 3. The number of rotatable bonds is 10. The molecule has 16 nitrogen and oxygen atoms in total. The third-order valence-corrected chi connectivity index (χ3v) is 13.8. The minimum absolute atomic E-state index is 0.00526. The lowest BCUT2D eigenvalue weighted by Gasteiger charge is -2.40. The maximum atomic E-state index is 14.3. The summed E-state index contributed by atoms with van der Waals surface area (Å²) in [5.74, 6) is -0.265. The predicted octanol–water partition coefficient (Wildman–Crippen LogP) is 5.22. The van der Waals surface area contributed by atoms with Crippen LogP contribution in [-0.2, 0) is 21.4 Å². The van der Waals surface area contributed by atoms with Gasteiger partial charge in [-0.25, -0.2) is 18.3 Å². The van der Waals surface area contributed by atoms with Gasteiger partial charge in [0.2, 0.25) is 11.8 Å². The Balaban J connectivity index is 0.728. The molecule has 10 rings (SSSR count). The molecular formula is C43H52F2N12O4. The Morgan fingerprint density at radius 1 is 0.984 bits per heavy atom. The second kappa shape index (κ2) is 16.1. The molecule has 3 amide bonds. The Kier molecular flexibility index (Phi) is 10.5. The molecule has 0 spiro atoms. The van der Waals surface area contributed by atoms with Crippen molar-refractivity contribution in [2.75, 3.05) is 54.9 Å². The second-order valence-electron chi connectivity index (χ2n) is 17.7. The zero-order chi connectivity index (χ0) is 41.9. The molecule has 5 aromatic rings. The smallest absolute Gasteiger partial charge is 0.284 e. The van der Waals surface area contributed by atoms with Crippen molar-refractivity contribution in [1.29, 1.82) is 0 Å². The summed E-state index contributed by atoms with van der Waals surface area (Å²) in [7, 11) is 4.12. The van der Waals surface area contributed by atoms with E-state index in [0.717, 1.165) is 112 Å². The van der Waals surface area contributed by atoms with Crippen molar-refractivity contribution in [3.63, 3.8) is 0 Å². The van der Waals surface area contributed by atoms with Crippen LogP contribution < -0.4 is 20.4 Å². The van der Waals surface area contributed by atoms with Crippen molar-refractivity contribution in [3.05, 3.63) is 59.8 Å². The summed E-state index contributed by atoms with van der Waals surface area (Å²) in [5, 5.41) is 19.4. The Labute approximate surface area is 351 Å². The molecule has 0 radical (unpaired) electrons. The van der Waals surface area contributed by atoms with E-state index in [2.05, 4.69) is 60.8 Å². The number of nitrogens with one attached hydrogen (secondary N) is 2. The summed E-state index contributed by atoms with van der Waals surface area (Å²) < 4.78 is 39.7. The lowest BCUT2D eigenvalue weighted by Crippen LogP contribution is -2.45. The van der Waals surface area contributed by atoms with Gasteiger partial charge in [-0.1, -0.05) is 0 Å². The number of alkyl halides is 2. The molecular weight excluding hydrogens is 787 g/mol. The van der Waals surface area contributed by atoms with Gasteiger partial charge in [0.1, 0.15) is 11.4 Å². The van der Waals surface area contributed by atoms with Gasteiger partial charge in [-0.3, -0.25) is 29.1 Å². The monoisotopic (exact) mass is 838 g/mol. The number of carbonyl (C=O) groups is 3. The van der Waals surface area contributed by atoms with Crippen LogP contribution in [0.1, 0.15) is 104 Å². The number of piperidine rings is 2. The minimum atomic E-state index is -2.85. The quantitative estimate of drug-likeness (QED) is 0.178. The van der Waals surface area contributed by atoms with E-state index in [1.54, 1.807) is 17.1 Å². The van der Waals surface area contributed by atoms with Crippen LogP contribution >= 0.6 is 0 Å². The van der Waals surface area contributed by atoms with Crippen LogP contribution in [0.25, 0.3) is 16.6 Å². The number of imide groups is 1. The first kappa shape index (κ1) is 39.6. The van der Waals surface area contributed by atoms with Gasteiger partial charge in [0.15, 0.2) is 11.3 Å². The predicted molar refractivity (Wildman–Crippen MR) is 223 cm³/mol. The number of halogens is 2. The molecule has 4 aromatic heterocycles. The number of aromatic nitrogens is 7. The van der Waals surface area contributed by atoms with Crippen LogP contribution in [-0.4, -0.2) is 115 Å². The molecule has 2 N–H and O–H groups in total. The molecule has 8 heterocycles. The average Bonchev–Trinajstić information content (AvgIpc) is 4.05. The maximum Gasteiger partial charge on any atom is 0.284 e. The molecule has 1 saturated carbocycles. The lowest BCUT2D eigenvalue weighted by atomic mass is 9.85. The van der Waals surface area contributed by atoms with Crippen LogP contribution in [0.4, 0.5) is 26.0 Å². The third kappa shape index (κ3) is 7.72. The van der Waals surface area contributed by atoms with Gasteiger partial charge in [0.05, 0.1) is 47.3 Å². The zero-order valence-electron chi connectivity index (χ0n) is 34.6. The number of nitrogens with zero attached hydrogens (tertiary/aromatic N) is 10. The standard InChI is InChI=1S/C43H52F2N12O4/c1-52(26-13-16-54(17-14-26)28-7-10-31-35(19-28)53(2)50-38(31)32-11-12-37(58)49-42(32)59)21-25-3-5-27(6-4-25)57-24-34(39(51-57)40(44)45)47-43(60)33-20-46-56-18-15-36(48-41(33)56)55-22-29-8-9-30(23-55)61-29/h7,10,15,18-20,24-27,29-30,32,40H,3-6,8-9,11-14,16-17,21-23H2,1-2H3,(H,47,60)(H,49,58,59)/t25?,27?,29-,30+,32?. The first-order valence-corrected chi connectivity index (χ1v) is 21.7. The summed E-state index contributed by atoms with van der Waals surface area (Å²) in [5.41, 5.74) is 2.96. The Hall–Kier alpha value is -5.49. The number of hydrogen-bond donors (Lipinski definition) is 2. The summed E-state index contributed by atoms with van der Waals surface area (Å²) in [4.78, 5) is 49.8. The van der Waals surface area contributed by atoms with Crippen molar-refractivity contribution >= 4 is 51.5 Å². The van der Waals surface area contributed by atoms with Crippen LogP contribution in [0.5, 0.6) is 0 Å². The van der Waals surface area contributed by atoms with E-state index in [-0.39, 0.29) is 41.3 Å². The zero-order valence-corrected chi connectivity index (χ0v) is 34.6. The van der Waals surface area contributed by atoms with Crippen molar-refractivity contribution in [2.45, 2.75) is 101 Å². The van der Waals surface area contributed by atoms with Crippen LogP contribution in [0.15, 0.2) is 42.9 Å². The summed E-state index contributed by atoms with van der Waals surface area (Å²) >= 11 is 0. The van der Waals surface area contributed by atoms with Crippen molar-refractivity contribution in [3.8, 4) is 0 Å². The average molecular weight is 839 g/mol. The van der Waals surface area contributed by atoms with Crippen molar-refractivity contribution in [1.82, 2.24) is 44.4 Å². The highest BCUT2D eigenvalue weighted by Gasteiger charge is 2.36. The number of fused-ring (bicyclic) bond motifs is 4. The van der Waals surface area contributed by atoms with E-state index >= 15 is 0 Å². The fourth-order valence-electron chi connectivity index (χ4n) is 10.4. The molecule has 61 heavy (non-hydrogen) atoms. The Morgan fingerprint density at radius 3 is 2.49 bits per heavy atom. The minimum Gasteiger partial charge on any atom is -0.371 e. The van der Waals surface area contributed by atoms with E-state index in [0.29, 0.717) is 30.4 Å². The van der Waals surface area contributed by atoms with Crippen LogP contribution in [0, 0.1) is 5.92 Å². The number of benzene rings is 1. The fraction of sp³-hybridized carbons (Fsp3) is 0.558. The molecule has 322 valence electrons. The Bertz CT molecular complexity index is 2450. The van der Waals surface area contributed by atoms with Gasteiger partial charge in [-0.05, 0) is 95.0 Å². The molecule has 1 unspecified atom stereocenters. The molecule has 4 aliphatic heterocycles. The number of aryl methyl sites for hydroxylation is 1. The first-order chi connectivity index (χ1) is 29.5. The number of carbonyl (C=O) groups excluding carboxylic acids is 3. The van der Waals surface area contributed by atoms with Crippen LogP contribution in [0.2, 0.25) is 0 Å². The van der Waals surface area contributed by atoms with Gasteiger partial charge in [-0.2, -0.15) is 15.3 Å². The van der Waals surface area contributed by atoms with Gasteiger partial charge >= 0.3 is 0 Å². The highest BCUT2D eigenvalue weighted by Crippen LogP contribution is 2.37. The summed E-state index contributed by atoms with van der Waals surface area (Å²) in [6.07, 6.45) is 10.7. The molecule has 5 fully saturated rings. The highest BCUT2D eigenvalue weighted by atomic mass is 19.3. The van der Waals surface area contributed by atoms with E-state index in [1.807, 2.05) is 17.8 Å². The third-order valence-electron chi connectivity index (χ3n) is 13.8. The van der Waals surface area contributed by atoms with Gasteiger partial charge in [-0.15, -0.1) is 0 Å². The van der Waals surface area contributed by atoms with E-state index in [4.69, 9.17) is 14.8 Å². The van der Waals surface area contributed by atoms with E-state index in [9.17, 15) is 23.2 Å². The van der Waals surface area contributed by atoms with Crippen molar-refractivity contribution in [2.24, 2.45) is 13.0 Å². The van der Waals surface area contributed by atoms with Gasteiger partial charge in [0.25, 0.3) is 12.3 Å². The van der Waals surface area contributed by atoms with Crippen molar-refractivity contribution < 1.29 is 27.9 Å². The van der Waals surface area contributed by atoms with Gasteiger partial charge < -0.3 is 24.8 Å². The molecule has 4 saturated heterocycles. The SMILES string of the molecule is CN(CC1CCC(n2cc(NC(=O)c3cnn4ccc(N5C[C@H]6CC[C@@H](C5)O6)nc34)c(C(F)F)n2)CC1)C1CCN(c2ccc3c(C4CCC(=O)NC4=O)nn(C)c3c2)CC1. The number of morpholine rings is 1. The molecule has 2 bridgehead atoms. The van der Waals surface area contributed by atoms with E-state index in [1.165, 1.54) is 10.7 Å². The highest BCUT2D eigenvalue weighted by molar-refractivity contribution is 6.08. The first-order valence-electron chi connectivity index (χ1n) is 21.7. The molecule has 3 atom stereocenters. The normalized spacial score (nSPS) is 25.0. The number of amides is 3.